The molecule has 94 valence electrons. The molecule has 0 aliphatic heterocycles. The van der Waals surface area contributed by atoms with Gasteiger partial charge < -0.3 is 10.8 Å². The van der Waals surface area contributed by atoms with Gasteiger partial charge in [0.1, 0.15) is 5.54 Å². The highest BCUT2D eigenvalue weighted by Gasteiger charge is 2.49. The molecule has 0 radical (unpaired) electrons. The Kier molecular flexibility index (Phi) is 4.71. The molecule has 2 rings (SSSR count). The van der Waals surface area contributed by atoms with Crippen LogP contribution >= 0.6 is 15.9 Å². The van der Waals surface area contributed by atoms with E-state index in [-0.39, 0.29) is 5.92 Å². The molecule has 17 heavy (non-hydrogen) atoms. The van der Waals surface area contributed by atoms with Crippen molar-refractivity contribution in [2.75, 3.05) is 0 Å². The molecule has 4 heteroatoms. The lowest BCUT2D eigenvalue weighted by Crippen LogP contribution is -2.47. The summed E-state index contributed by atoms with van der Waals surface area (Å²) in [6, 6.07) is 7.23. The molecule has 1 fully saturated rings. The standard InChI is InChI=1S/C11H12BrNO2.C2H6/c12-9-3-1-2-8(6-9)11(13,10(14)15)7-4-5-7;1-2/h1-3,6-7H,4-5,13H2,(H,14,15);1-2H3. The fourth-order valence-electron chi connectivity index (χ4n) is 1.82. The second-order valence-corrected chi connectivity index (χ2v) is 4.87. The third kappa shape index (κ3) is 2.87. The van der Waals surface area contributed by atoms with Gasteiger partial charge in [0, 0.05) is 4.47 Å². The SMILES string of the molecule is CC.NC(C(=O)O)(c1cccc(Br)c1)C1CC1. The number of carboxylic acids is 1. The lowest BCUT2D eigenvalue weighted by molar-refractivity contribution is -0.144. The average molecular weight is 300 g/mol. The molecule has 3 nitrogen and oxygen atoms in total. The molecular weight excluding hydrogens is 282 g/mol. The van der Waals surface area contributed by atoms with Gasteiger partial charge in [-0.3, -0.25) is 0 Å². The normalized spacial score (nSPS) is 17.6. The van der Waals surface area contributed by atoms with Crippen molar-refractivity contribution < 1.29 is 9.90 Å². The van der Waals surface area contributed by atoms with Crippen molar-refractivity contribution in [1.82, 2.24) is 0 Å². The van der Waals surface area contributed by atoms with E-state index in [2.05, 4.69) is 15.9 Å². The maximum Gasteiger partial charge on any atom is 0.328 e. The Hall–Kier alpha value is -0.870. The van der Waals surface area contributed by atoms with Gasteiger partial charge in [0.25, 0.3) is 0 Å². The van der Waals surface area contributed by atoms with Crippen LogP contribution < -0.4 is 5.73 Å². The van der Waals surface area contributed by atoms with Crippen LogP contribution in [-0.4, -0.2) is 11.1 Å². The number of aliphatic carboxylic acids is 1. The first kappa shape index (κ1) is 14.2. The maximum absolute atomic E-state index is 11.3. The van der Waals surface area contributed by atoms with Gasteiger partial charge in [-0.25, -0.2) is 4.79 Å². The topological polar surface area (TPSA) is 63.3 Å². The number of halogens is 1. The predicted octanol–water partition coefficient (Wildman–Crippen LogP) is 3.12. The van der Waals surface area contributed by atoms with Crippen LogP contribution in [0.15, 0.2) is 28.7 Å². The monoisotopic (exact) mass is 299 g/mol. The summed E-state index contributed by atoms with van der Waals surface area (Å²) >= 11 is 3.32. The van der Waals surface area contributed by atoms with Crippen molar-refractivity contribution in [3.05, 3.63) is 34.3 Å². The Bertz CT molecular complexity index is 404. The third-order valence-electron chi connectivity index (χ3n) is 2.88. The smallest absolute Gasteiger partial charge is 0.328 e. The molecule has 0 heterocycles. The Labute approximate surface area is 110 Å². The molecular formula is C13H18BrNO2. The van der Waals surface area contributed by atoms with Crippen LogP contribution in [0.4, 0.5) is 0 Å². The summed E-state index contributed by atoms with van der Waals surface area (Å²) in [6.45, 7) is 4.00. The largest absolute Gasteiger partial charge is 0.480 e. The molecule has 1 aromatic rings. The van der Waals surface area contributed by atoms with Crippen molar-refractivity contribution >= 4 is 21.9 Å². The summed E-state index contributed by atoms with van der Waals surface area (Å²) < 4.78 is 0.858. The van der Waals surface area contributed by atoms with Crippen molar-refractivity contribution in [3.63, 3.8) is 0 Å². The molecule has 1 atom stereocenters. The molecule has 1 aromatic carbocycles. The van der Waals surface area contributed by atoms with E-state index >= 15 is 0 Å². The van der Waals surface area contributed by atoms with Crippen LogP contribution in [-0.2, 0) is 10.3 Å². The second-order valence-electron chi connectivity index (χ2n) is 3.96. The van der Waals surface area contributed by atoms with E-state index in [1.807, 2.05) is 26.0 Å². The molecule has 3 N–H and O–H groups in total. The van der Waals surface area contributed by atoms with Crippen LogP contribution in [0.3, 0.4) is 0 Å². The zero-order valence-electron chi connectivity index (χ0n) is 10.1. The van der Waals surface area contributed by atoms with Gasteiger partial charge >= 0.3 is 5.97 Å². The first-order valence-electron chi connectivity index (χ1n) is 5.83. The minimum absolute atomic E-state index is 0.0734. The van der Waals surface area contributed by atoms with Gasteiger partial charge in [-0.2, -0.15) is 0 Å². The van der Waals surface area contributed by atoms with Gasteiger partial charge in [0.15, 0.2) is 0 Å². The summed E-state index contributed by atoms with van der Waals surface area (Å²) in [5.74, 6) is -0.868. The number of carboxylic acid groups (broad SMARTS) is 1. The Morgan fingerprint density at radius 3 is 2.47 bits per heavy atom. The van der Waals surface area contributed by atoms with Crippen molar-refractivity contribution in [1.29, 1.82) is 0 Å². The maximum atomic E-state index is 11.3. The molecule has 1 aliphatic carbocycles. The van der Waals surface area contributed by atoms with Crippen LogP contribution in [0, 0.1) is 5.92 Å². The summed E-state index contributed by atoms with van der Waals surface area (Å²) in [5, 5.41) is 9.25. The first-order chi connectivity index (χ1) is 8.05. The number of rotatable bonds is 3. The van der Waals surface area contributed by atoms with E-state index in [0.29, 0.717) is 5.56 Å². The van der Waals surface area contributed by atoms with Crippen LogP contribution in [0.1, 0.15) is 32.3 Å². The van der Waals surface area contributed by atoms with Crippen molar-refractivity contribution in [2.24, 2.45) is 11.7 Å². The van der Waals surface area contributed by atoms with Crippen LogP contribution in [0.25, 0.3) is 0 Å². The lowest BCUT2D eigenvalue weighted by atomic mass is 9.86. The molecule has 0 bridgehead atoms. The number of carbonyl (C=O) groups is 1. The highest BCUT2D eigenvalue weighted by Crippen LogP contribution is 2.44. The highest BCUT2D eigenvalue weighted by atomic mass is 79.9. The quantitative estimate of drug-likeness (QED) is 0.901. The molecule has 0 amide bonds. The van der Waals surface area contributed by atoms with Gasteiger partial charge in [-0.1, -0.05) is 41.9 Å². The number of benzene rings is 1. The second kappa shape index (κ2) is 5.65. The zero-order valence-corrected chi connectivity index (χ0v) is 11.7. The number of nitrogens with two attached hydrogens (primary N) is 1. The predicted molar refractivity (Wildman–Crippen MR) is 71.7 cm³/mol. The van der Waals surface area contributed by atoms with Gasteiger partial charge in [-0.15, -0.1) is 0 Å². The Balaban J connectivity index is 0.000000686. The van der Waals surface area contributed by atoms with E-state index in [1.165, 1.54) is 0 Å². The fourth-order valence-corrected chi connectivity index (χ4v) is 2.22. The highest BCUT2D eigenvalue weighted by molar-refractivity contribution is 9.10. The first-order valence-corrected chi connectivity index (χ1v) is 6.62. The summed E-state index contributed by atoms with van der Waals surface area (Å²) in [7, 11) is 0. The molecule has 0 saturated heterocycles. The summed E-state index contributed by atoms with van der Waals surface area (Å²) in [4.78, 5) is 11.3. The summed E-state index contributed by atoms with van der Waals surface area (Å²) in [5.41, 5.74) is 5.47. The van der Waals surface area contributed by atoms with Gasteiger partial charge in [0.2, 0.25) is 0 Å². The molecule has 1 aliphatic rings. The van der Waals surface area contributed by atoms with Crippen molar-refractivity contribution in [2.45, 2.75) is 32.2 Å². The average Bonchev–Trinajstić information content (AvgIpc) is 3.14. The molecule has 0 aromatic heterocycles. The zero-order chi connectivity index (χ0) is 13.1. The minimum atomic E-state index is -1.22. The van der Waals surface area contributed by atoms with E-state index in [0.717, 1.165) is 17.3 Å². The number of hydrogen-bond acceptors (Lipinski definition) is 2. The van der Waals surface area contributed by atoms with Crippen molar-refractivity contribution in [3.8, 4) is 0 Å². The molecule has 1 unspecified atom stereocenters. The van der Waals surface area contributed by atoms with E-state index in [1.54, 1.807) is 12.1 Å². The lowest BCUT2D eigenvalue weighted by Gasteiger charge is -2.25. The van der Waals surface area contributed by atoms with Gasteiger partial charge in [-0.05, 0) is 36.5 Å². The minimum Gasteiger partial charge on any atom is -0.480 e. The third-order valence-corrected chi connectivity index (χ3v) is 3.37. The molecule has 1 saturated carbocycles. The molecule has 0 spiro atoms. The van der Waals surface area contributed by atoms with E-state index in [4.69, 9.17) is 5.73 Å². The van der Waals surface area contributed by atoms with Crippen LogP contribution in [0.2, 0.25) is 0 Å². The van der Waals surface area contributed by atoms with E-state index in [9.17, 15) is 9.90 Å². The van der Waals surface area contributed by atoms with Gasteiger partial charge in [0.05, 0.1) is 0 Å². The fraction of sp³-hybridized carbons (Fsp3) is 0.462. The number of hydrogen-bond donors (Lipinski definition) is 2. The Morgan fingerprint density at radius 2 is 2.06 bits per heavy atom. The van der Waals surface area contributed by atoms with E-state index < -0.39 is 11.5 Å². The Morgan fingerprint density at radius 1 is 1.47 bits per heavy atom. The van der Waals surface area contributed by atoms with Crippen LogP contribution in [0.5, 0.6) is 0 Å². The summed E-state index contributed by atoms with van der Waals surface area (Å²) in [6.07, 6.45) is 1.80.